The monoisotopic (exact) mass is 1130 g/mol. The Bertz CT molecular complexity index is 3170. The van der Waals surface area contributed by atoms with Gasteiger partial charge in [0.15, 0.2) is 69.8 Å². The second-order valence-electron chi connectivity index (χ2n) is 16.5. The third-order valence-electron chi connectivity index (χ3n) is 12.4. The summed E-state index contributed by atoms with van der Waals surface area (Å²) in [6.45, 7) is 2.09. The van der Waals surface area contributed by atoms with Crippen LogP contribution in [0, 0.1) is 116 Å². The summed E-state index contributed by atoms with van der Waals surface area (Å²) in [5.74, 6) is -71.7. The molecule has 25 heteroatoms. The van der Waals surface area contributed by atoms with E-state index in [4.69, 9.17) is 4.74 Å². The van der Waals surface area contributed by atoms with Gasteiger partial charge in [0, 0.05) is 5.56 Å². The summed E-state index contributed by atoms with van der Waals surface area (Å²) in [4.78, 5) is 25.7. The van der Waals surface area contributed by atoms with E-state index in [-0.39, 0.29) is 11.8 Å². The molecule has 0 N–H and O–H groups in total. The molecular formula is C53H26BF20O3P. The maximum absolute atomic E-state index is 15.4. The van der Waals surface area contributed by atoms with Crippen LogP contribution >= 0.6 is 7.26 Å². The minimum atomic E-state index is -7.22. The Morgan fingerprint density at radius 3 is 0.782 bits per heavy atom. The SMILES string of the molecule is CCOC(=O)c1ccc(C(=O)C[P+](c2ccccc2)(c2ccccc2)c2ccccc2)cc1.Fc1c(F)c(F)c([B-](c2c(F)c(F)c(F)c(F)c2F)(c2c(F)c(F)c(F)c(F)c2F)c2c(F)c(F)c(F)c(F)c2F)c(F)c1F. The maximum atomic E-state index is 15.4. The molecule has 0 heterocycles. The molecule has 0 atom stereocenters. The third kappa shape index (κ3) is 9.42. The quantitative estimate of drug-likeness (QED) is 0.0233. The van der Waals surface area contributed by atoms with Crippen LogP contribution in [0.2, 0.25) is 0 Å². The highest BCUT2D eigenvalue weighted by atomic mass is 31.2. The number of hydrogen-bond donors (Lipinski definition) is 0. The van der Waals surface area contributed by atoms with Crippen LogP contribution < -0.4 is 37.8 Å². The van der Waals surface area contributed by atoms with Gasteiger partial charge in [0.25, 0.3) is 0 Å². The average Bonchev–Trinajstić information content (AvgIpc) is 3.51. The van der Waals surface area contributed by atoms with E-state index in [0.717, 1.165) is 0 Å². The van der Waals surface area contributed by atoms with Crippen LogP contribution in [0.1, 0.15) is 27.6 Å². The lowest BCUT2D eigenvalue weighted by Crippen LogP contribution is -2.81. The van der Waals surface area contributed by atoms with Crippen molar-refractivity contribution >= 4 is 62.9 Å². The van der Waals surface area contributed by atoms with Gasteiger partial charge in [-0.25, -0.2) is 92.6 Å². The van der Waals surface area contributed by atoms with Crippen molar-refractivity contribution < 1.29 is 102 Å². The van der Waals surface area contributed by atoms with Crippen molar-refractivity contribution in [1.29, 1.82) is 0 Å². The molecule has 0 spiro atoms. The number of benzene rings is 8. The van der Waals surface area contributed by atoms with Crippen molar-refractivity contribution in [3.8, 4) is 0 Å². The lowest BCUT2D eigenvalue weighted by atomic mass is 9.12. The minimum absolute atomic E-state index is 0.0512. The van der Waals surface area contributed by atoms with E-state index in [1.165, 1.54) is 15.9 Å². The number of esters is 1. The number of rotatable bonds is 12. The summed E-state index contributed by atoms with van der Waals surface area (Å²) in [5, 5.41) is 3.50. The number of Topliss-reactive ketones (excluding diaryl/α,β-unsaturated/α-hetero) is 1. The number of ketones is 1. The fourth-order valence-corrected chi connectivity index (χ4v) is 13.1. The Morgan fingerprint density at radius 1 is 0.333 bits per heavy atom. The Balaban J connectivity index is 0.000000237. The van der Waals surface area contributed by atoms with Gasteiger partial charge in [0.1, 0.15) is 82.0 Å². The highest BCUT2D eigenvalue weighted by Gasteiger charge is 2.53. The fraction of sp³-hybridized carbons (Fsp3) is 0.0566. The third-order valence-corrected chi connectivity index (χ3v) is 16.7. The van der Waals surface area contributed by atoms with E-state index < -0.39 is 152 Å². The van der Waals surface area contributed by atoms with Crippen molar-refractivity contribution in [3.05, 3.63) is 243 Å². The molecule has 8 aromatic rings. The molecule has 0 fully saturated rings. The first kappa shape index (κ1) is 57.7. The van der Waals surface area contributed by atoms with Crippen molar-refractivity contribution in [2.75, 3.05) is 12.8 Å². The van der Waals surface area contributed by atoms with Gasteiger partial charge in [0.2, 0.25) is 5.78 Å². The first-order valence-corrected chi connectivity index (χ1v) is 23.9. The number of halogens is 20. The van der Waals surface area contributed by atoms with Crippen LogP contribution in [0.3, 0.4) is 0 Å². The lowest BCUT2D eigenvalue weighted by Gasteiger charge is -2.44. The Morgan fingerprint density at radius 2 is 0.551 bits per heavy atom. The molecule has 8 aromatic carbocycles. The van der Waals surface area contributed by atoms with Crippen molar-refractivity contribution in [3.63, 3.8) is 0 Å². The van der Waals surface area contributed by atoms with E-state index in [1.54, 1.807) is 31.2 Å². The zero-order valence-electron chi connectivity index (χ0n) is 38.7. The molecule has 0 unspecified atom stereocenters. The number of ether oxygens (including phenoxy) is 1. The average molecular weight is 1130 g/mol. The van der Waals surface area contributed by atoms with Gasteiger partial charge in [-0.2, -0.15) is 0 Å². The largest absolute Gasteiger partial charge is 0.462 e. The van der Waals surface area contributed by atoms with Crippen LogP contribution in [0.5, 0.6) is 0 Å². The van der Waals surface area contributed by atoms with E-state index >= 15 is 35.1 Å². The molecule has 0 saturated carbocycles. The van der Waals surface area contributed by atoms with Crippen molar-refractivity contribution in [2.45, 2.75) is 6.92 Å². The van der Waals surface area contributed by atoms with Crippen LogP contribution in [-0.2, 0) is 4.74 Å². The summed E-state index contributed by atoms with van der Waals surface area (Å²) >= 11 is 0. The molecule has 0 bridgehead atoms. The highest BCUT2D eigenvalue weighted by Crippen LogP contribution is 2.55. The molecule has 0 aliphatic carbocycles. The number of carbonyl (C=O) groups is 2. The summed E-state index contributed by atoms with van der Waals surface area (Å²) in [5.41, 5.74) is -13.3. The Kier molecular flexibility index (Phi) is 16.7. The van der Waals surface area contributed by atoms with Crippen LogP contribution in [0.4, 0.5) is 87.8 Å². The molecule has 0 saturated heterocycles. The number of carbonyl (C=O) groups excluding carboxylic acids is 2. The Hall–Kier alpha value is -8.01. The summed E-state index contributed by atoms with van der Waals surface area (Å²) in [6, 6.07) is 37.8. The van der Waals surface area contributed by atoms with Crippen LogP contribution in [-0.4, -0.2) is 30.7 Å². The first-order chi connectivity index (χ1) is 36.8. The molecule has 78 heavy (non-hydrogen) atoms. The summed E-state index contributed by atoms with van der Waals surface area (Å²) in [6.07, 6.45) is -6.85. The second-order valence-corrected chi connectivity index (χ2v) is 20.0. The van der Waals surface area contributed by atoms with E-state index in [0.29, 0.717) is 23.9 Å². The van der Waals surface area contributed by atoms with Gasteiger partial charge in [-0.05, 0) is 55.5 Å². The first-order valence-electron chi connectivity index (χ1n) is 21.9. The molecule has 0 aliphatic rings. The predicted molar refractivity (Wildman–Crippen MR) is 246 cm³/mol. The van der Waals surface area contributed by atoms with Crippen molar-refractivity contribution in [1.82, 2.24) is 0 Å². The van der Waals surface area contributed by atoms with Crippen LogP contribution in [0.25, 0.3) is 0 Å². The molecular weight excluding hydrogens is 1110 g/mol. The Labute approximate surface area is 426 Å². The smallest absolute Gasteiger partial charge is 0.338 e. The summed E-state index contributed by atoms with van der Waals surface area (Å²) < 4.78 is 299. The molecule has 404 valence electrons. The highest BCUT2D eigenvalue weighted by molar-refractivity contribution is 7.96. The zero-order chi connectivity index (χ0) is 57.5. The topological polar surface area (TPSA) is 43.4 Å². The van der Waals surface area contributed by atoms with Gasteiger partial charge in [-0.1, -0.05) is 66.7 Å². The van der Waals surface area contributed by atoms with E-state index in [9.17, 15) is 62.3 Å². The van der Waals surface area contributed by atoms with Crippen molar-refractivity contribution in [2.24, 2.45) is 0 Å². The molecule has 0 radical (unpaired) electrons. The maximum Gasteiger partial charge on any atom is 0.338 e. The minimum Gasteiger partial charge on any atom is -0.462 e. The zero-order valence-corrected chi connectivity index (χ0v) is 39.6. The molecule has 0 amide bonds. The molecule has 8 rings (SSSR count). The van der Waals surface area contributed by atoms with Gasteiger partial charge in [-0.3, -0.25) is 4.79 Å². The van der Waals surface area contributed by atoms with Gasteiger partial charge in [0.05, 0.1) is 12.2 Å². The van der Waals surface area contributed by atoms with E-state index in [1.807, 2.05) is 54.6 Å². The van der Waals surface area contributed by atoms with E-state index in [2.05, 4.69) is 36.4 Å². The van der Waals surface area contributed by atoms with Gasteiger partial charge >= 0.3 is 5.97 Å². The van der Waals surface area contributed by atoms with Gasteiger partial charge in [-0.15, -0.1) is 21.9 Å². The number of hydrogen-bond acceptors (Lipinski definition) is 3. The molecule has 0 aliphatic heterocycles. The molecule has 0 aromatic heterocycles. The fourth-order valence-electron chi connectivity index (χ4n) is 8.96. The standard InChI is InChI=1S/C29H26O3P.C24BF20/c1-2-32-29(31)24-20-18-23(19-21-24)28(30)22-33(25-12-6-3-7-13-25,26-14-8-4-9-15-26)27-16-10-5-11-17-27;26-5-1(6(27)14(35)21(42)13(5)34)25(2-7(28)15(36)22(43)16(37)8(2)29,3-9(30)17(38)23(44)18(39)10(3)31)4-11(32)19(40)24(45)20(41)12(4)33/h3-21H,2,22H2,1H3;/q+1;-1. The normalized spacial score (nSPS) is 11.6. The van der Waals surface area contributed by atoms with Gasteiger partial charge < -0.3 is 4.74 Å². The van der Waals surface area contributed by atoms with Crippen LogP contribution in [0.15, 0.2) is 115 Å². The second kappa shape index (κ2) is 22.5. The molecule has 3 nitrogen and oxygen atoms in total. The lowest BCUT2D eigenvalue weighted by molar-refractivity contribution is 0.0526. The predicted octanol–water partition coefficient (Wildman–Crippen LogP) is 10.9. The summed E-state index contributed by atoms with van der Waals surface area (Å²) in [7, 11) is -2.26.